The summed E-state index contributed by atoms with van der Waals surface area (Å²) in [5.74, 6) is 3.32. The van der Waals surface area contributed by atoms with E-state index in [9.17, 15) is 5.11 Å². The Hall–Kier alpha value is -0.420. The largest absolute Gasteiger partial charge is 0.388 e. The van der Waals surface area contributed by atoms with Gasteiger partial charge < -0.3 is 15.7 Å². The van der Waals surface area contributed by atoms with Gasteiger partial charge in [0.1, 0.15) is 0 Å². The van der Waals surface area contributed by atoms with E-state index in [1.54, 1.807) is 0 Å². The molecule has 3 N–H and O–H groups in total. The molecule has 1 aliphatic heterocycles. The van der Waals surface area contributed by atoms with Crippen molar-refractivity contribution in [3.8, 4) is 0 Å². The van der Waals surface area contributed by atoms with Crippen molar-refractivity contribution < 1.29 is 5.11 Å². The third-order valence-corrected chi connectivity index (χ3v) is 5.38. The zero-order valence-corrected chi connectivity index (χ0v) is 13.5. The molecule has 1 heterocycles. The lowest BCUT2D eigenvalue weighted by Gasteiger charge is -2.31. The average Bonchev–Trinajstić information content (AvgIpc) is 2.47. The van der Waals surface area contributed by atoms with Crippen LogP contribution in [0.1, 0.15) is 51.9 Å². The van der Waals surface area contributed by atoms with Gasteiger partial charge in [-0.3, -0.25) is 4.99 Å². The number of thioether (sulfide) groups is 1. The molecule has 116 valence electrons. The Morgan fingerprint density at radius 1 is 1.30 bits per heavy atom. The standard InChI is InChI=1S/C15H29N3OS/c1-2-16-14(18-13-7-6-10-20-11-13)17-12-15(19)8-4-3-5-9-15/h13,19H,2-12H2,1H3,(H2,16,17,18). The van der Waals surface area contributed by atoms with E-state index >= 15 is 0 Å². The Labute approximate surface area is 127 Å². The first-order chi connectivity index (χ1) is 9.72. The minimum atomic E-state index is -0.568. The summed E-state index contributed by atoms with van der Waals surface area (Å²) in [5, 5.41) is 17.4. The van der Waals surface area contributed by atoms with Gasteiger partial charge in [-0.05, 0) is 38.4 Å². The molecule has 2 aliphatic rings. The molecule has 1 saturated heterocycles. The fourth-order valence-electron chi connectivity index (χ4n) is 2.96. The van der Waals surface area contributed by atoms with Crippen LogP contribution in [0.4, 0.5) is 0 Å². The van der Waals surface area contributed by atoms with Crippen LogP contribution in [0.15, 0.2) is 4.99 Å². The number of aliphatic hydroxyl groups is 1. The van der Waals surface area contributed by atoms with Gasteiger partial charge in [0.2, 0.25) is 0 Å². The Morgan fingerprint density at radius 2 is 2.10 bits per heavy atom. The summed E-state index contributed by atoms with van der Waals surface area (Å²) in [7, 11) is 0. The molecule has 20 heavy (non-hydrogen) atoms. The van der Waals surface area contributed by atoms with Gasteiger partial charge in [0.25, 0.3) is 0 Å². The second-order valence-corrected chi connectivity index (χ2v) is 7.19. The fourth-order valence-corrected chi connectivity index (χ4v) is 4.03. The summed E-state index contributed by atoms with van der Waals surface area (Å²) in [4.78, 5) is 4.64. The monoisotopic (exact) mass is 299 g/mol. The third-order valence-electron chi connectivity index (χ3n) is 4.16. The van der Waals surface area contributed by atoms with Crippen LogP contribution in [-0.2, 0) is 0 Å². The summed E-state index contributed by atoms with van der Waals surface area (Å²) in [6, 6.07) is 0.521. The van der Waals surface area contributed by atoms with Crippen LogP contribution in [0.3, 0.4) is 0 Å². The second-order valence-electron chi connectivity index (χ2n) is 6.04. The van der Waals surface area contributed by atoms with Crippen molar-refractivity contribution in [3.63, 3.8) is 0 Å². The molecule has 0 aromatic heterocycles. The number of hydrogen-bond acceptors (Lipinski definition) is 3. The molecule has 1 aliphatic carbocycles. The predicted molar refractivity (Wildman–Crippen MR) is 87.5 cm³/mol. The topological polar surface area (TPSA) is 56.7 Å². The molecule has 1 saturated carbocycles. The van der Waals surface area contributed by atoms with Gasteiger partial charge in [-0.2, -0.15) is 11.8 Å². The molecule has 0 aromatic carbocycles. The Bertz CT molecular complexity index is 310. The van der Waals surface area contributed by atoms with Crippen molar-refractivity contribution in [2.75, 3.05) is 24.6 Å². The van der Waals surface area contributed by atoms with Crippen molar-refractivity contribution in [2.45, 2.75) is 63.5 Å². The lowest BCUT2D eigenvalue weighted by Crippen LogP contribution is -2.46. The minimum Gasteiger partial charge on any atom is -0.388 e. The SMILES string of the molecule is CCNC(=NCC1(O)CCCCC1)NC1CCCSC1. The molecular formula is C15H29N3OS. The van der Waals surface area contributed by atoms with Crippen LogP contribution in [0.2, 0.25) is 0 Å². The van der Waals surface area contributed by atoms with E-state index in [4.69, 9.17) is 0 Å². The molecule has 0 aromatic rings. The van der Waals surface area contributed by atoms with Gasteiger partial charge in [0.15, 0.2) is 5.96 Å². The molecule has 2 rings (SSSR count). The van der Waals surface area contributed by atoms with Crippen molar-refractivity contribution in [1.29, 1.82) is 0 Å². The van der Waals surface area contributed by atoms with E-state index in [-0.39, 0.29) is 0 Å². The van der Waals surface area contributed by atoms with Crippen LogP contribution >= 0.6 is 11.8 Å². The predicted octanol–water partition coefficient (Wildman–Crippen LogP) is 2.13. The third kappa shape index (κ3) is 5.17. The highest BCUT2D eigenvalue weighted by molar-refractivity contribution is 7.99. The summed E-state index contributed by atoms with van der Waals surface area (Å²) in [6.45, 7) is 3.48. The van der Waals surface area contributed by atoms with Crippen LogP contribution < -0.4 is 10.6 Å². The van der Waals surface area contributed by atoms with Gasteiger partial charge in [0.05, 0.1) is 12.1 Å². The molecule has 1 unspecified atom stereocenters. The van der Waals surface area contributed by atoms with Crippen molar-refractivity contribution in [1.82, 2.24) is 10.6 Å². The van der Waals surface area contributed by atoms with Gasteiger partial charge >= 0.3 is 0 Å². The van der Waals surface area contributed by atoms with Gasteiger partial charge in [0, 0.05) is 18.3 Å². The number of hydrogen-bond donors (Lipinski definition) is 3. The highest BCUT2D eigenvalue weighted by atomic mass is 32.2. The molecule has 0 bridgehead atoms. The number of nitrogens with one attached hydrogen (secondary N) is 2. The highest BCUT2D eigenvalue weighted by Gasteiger charge is 2.29. The Kier molecular flexibility index (Phi) is 6.49. The quantitative estimate of drug-likeness (QED) is 0.550. The first-order valence-electron chi connectivity index (χ1n) is 8.07. The molecule has 0 radical (unpaired) electrons. The first kappa shape index (κ1) is 16.0. The zero-order chi connectivity index (χ0) is 14.3. The maximum atomic E-state index is 10.5. The van der Waals surface area contributed by atoms with Crippen molar-refractivity contribution in [3.05, 3.63) is 0 Å². The van der Waals surface area contributed by atoms with Crippen molar-refractivity contribution >= 4 is 17.7 Å². The van der Waals surface area contributed by atoms with Gasteiger partial charge in [-0.1, -0.05) is 19.3 Å². The van der Waals surface area contributed by atoms with E-state index in [2.05, 4.69) is 22.5 Å². The zero-order valence-electron chi connectivity index (χ0n) is 12.7. The number of aliphatic imine (C=N–C) groups is 1. The van der Waals surface area contributed by atoms with Gasteiger partial charge in [-0.25, -0.2) is 0 Å². The summed E-state index contributed by atoms with van der Waals surface area (Å²) in [6.07, 6.45) is 7.83. The smallest absolute Gasteiger partial charge is 0.191 e. The lowest BCUT2D eigenvalue weighted by atomic mass is 9.85. The van der Waals surface area contributed by atoms with E-state index in [1.807, 2.05) is 11.8 Å². The Morgan fingerprint density at radius 3 is 2.75 bits per heavy atom. The number of rotatable bonds is 4. The second kappa shape index (κ2) is 8.13. The minimum absolute atomic E-state index is 0.521. The summed E-state index contributed by atoms with van der Waals surface area (Å²) >= 11 is 2.01. The normalized spacial score (nSPS) is 27.1. The fraction of sp³-hybridized carbons (Fsp3) is 0.933. The summed E-state index contributed by atoms with van der Waals surface area (Å²) in [5.41, 5.74) is -0.568. The lowest BCUT2D eigenvalue weighted by molar-refractivity contribution is 0.0131. The molecule has 4 nitrogen and oxygen atoms in total. The summed E-state index contributed by atoms with van der Waals surface area (Å²) < 4.78 is 0. The van der Waals surface area contributed by atoms with Crippen molar-refractivity contribution in [2.24, 2.45) is 4.99 Å². The molecule has 0 spiro atoms. The molecule has 5 heteroatoms. The molecular weight excluding hydrogens is 270 g/mol. The van der Waals surface area contributed by atoms with E-state index in [0.29, 0.717) is 12.6 Å². The number of guanidine groups is 1. The molecule has 0 amide bonds. The van der Waals surface area contributed by atoms with Crippen LogP contribution in [0, 0.1) is 0 Å². The molecule has 2 fully saturated rings. The van der Waals surface area contributed by atoms with E-state index < -0.39 is 5.60 Å². The van der Waals surface area contributed by atoms with E-state index in [1.165, 1.54) is 25.0 Å². The van der Waals surface area contributed by atoms with Crippen LogP contribution in [0.25, 0.3) is 0 Å². The average molecular weight is 299 g/mol. The Balaban J connectivity index is 1.87. The van der Waals surface area contributed by atoms with Crippen LogP contribution in [0.5, 0.6) is 0 Å². The first-order valence-corrected chi connectivity index (χ1v) is 9.22. The maximum Gasteiger partial charge on any atom is 0.191 e. The maximum absolute atomic E-state index is 10.5. The van der Waals surface area contributed by atoms with Crippen LogP contribution in [-0.4, -0.2) is 47.3 Å². The highest BCUT2D eigenvalue weighted by Crippen LogP contribution is 2.28. The van der Waals surface area contributed by atoms with E-state index in [0.717, 1.165) is 43.9 Å². The molecule has 1 atom stereocenters. The number of nitrogens with zero attached hydrogens (tertiary/aromatic N) is 1. The van der Waals surface area contributed by atoms with Gasteiger partial charge in [-0.15, -0.1) is 0 Å².